The van der Waals surface area contributed by atoms with Gasteiger partial charge < -0.3 is 19.7 Å². The van der Waals surface area contributed by atoms with E-state index in [1.165, 1.54) is 12.0 Å². The van der Waals surface area contributed by atoms with E-state index in [0.717, 1.165) is 43.4 Å². The summed E-state index contributed by atoms with van der Waals surface area (Å²) in [6.07, 6.45) is 4.06. The minimum atomic E-state index is 0.453. The Morgan fingerprint density at radius 3 is 2.96 bits per heavy atom. The maximum absolute atomic E-state index is 5.65. The summed E-state index contributed by atoms with van der Waals surface area (Å²) >= 11 is 0. The van der Waals surface area contributed by atoms with Crippen LogP contribution >= 0.6 is 0 Å². The number of nitrogens with one attached hydrogen (secondary N) is 1. The monoisotopic (exact) mass is 326 g/mol. The van der Waals surface area contributed by atoms with Crippen LogP contribution in [-0.2, 0) is 6.54 Å². The van der Waals surface area contributed by atoms with Crippen molar-refractivity contribution in [2.45, 2.75) is 25.4 Å². The number of piperidine rings is 1. The summed E-state index contributed by atoms with van der Waals surface area (Å²) in [4.78, 5) is 2.30. The molecule has 0 aliphatic carbocycles. The SMILES string of the molecule is c1cnnc(N2CCC[C@H](NCc3ccc4c(c3)OCCO4)C2)c1. The summed E-state index contributed by atoms with van der Waals surface area (Å²) in [5.74, 6) is 2.66. The van der Waals surface area contributed by atoms with Crippen LogP contribution in [0.5, 0.6) is 11.5 Å². The fraction of sp³-hybridized carbons (Fsp3) is 0.444. The molecule has 1 aromatic carbocycles. The minimum Gasteiger partial charge on any atom is -0.486 e. The van der Waals surface area contributed by atoms with Crippen molar-refractivity contribution in [1.82, 2.24) is 15.5 Å². The van der Waals surface area contributed by atoms with Crippen LogP contribution in [0, 0.1) is 0 Å². The van der Waals surface area contributed by atoms with Crippen molar-refractivity contribution in [3.05, 3.63) is 42.1 Å². The quantitative estimate of drug-likeness (QED) is 0.927. The Hall–Kier alpha value is -2.34. The molecule has 0 bridgehead atoms. The molecule has 0 saturated carbocycles. The molecule has 126 valence electrons. The Labute approximate surface area is 141 Å². The van der Waals surface area contributed by atoms with Crippen molar-refractivity contribution >= 4 is 5.82 Å². The topological polar surface area (TPSA) is 59.5 Å². The van der Waals surface area contributed by atoms with Gasteiger partial charge in [-0.25, -0.2) is 0 Å². The predicted molar refractivity (Wildman–Crippen MR) is 91.5 cm³/mol. The molecule has 24 heavy (non-hydrogen) atoms. The first-order chi connectivity index (χ1) is 11.9. The molecule has 2 aliphatic heterocycles. The summed E-state index contributed by atoms with van der Waals surface area (Å²) in [5, 5.41) is 11.9. The fourth-order valence-electron chi connectivity index (χ4n) is 3.27. The van der Waals surface area contributed by atoms with Gasteiger partial charge >= 0.3 is 0 Å². The molecule has 0 unspecified atom stereocenters. The highest BCUT2D eigenvalue weighted by Gasteiger charge is 2.21. The van der Waals surface area contributed by atoms with Crippen molar-refractivity contribution in [1.29, 1.82) is 0 Å². The molecule has 1 atom stereocenters. The average molecular weight is 326 g/mol. The number of anilines is 1. The van der Waals surface area contributed by atoms with Gasteiger partial charge in [0.05, 0.1) is 0 Å². The van der Waals surface area contributed by atoms with E-state index >= 15 is 0 Å². The van der Waals surface area contributed by atoms with Gasteiger partial charge in [-0.15, -0.1) is 5.10 Å². The fourth-order valence-corrected chi connectivity index (χ4v) is 3.27. The second kappa shape index (κ2) is 7.05. The molecule has 6 heteroatoms. The van der Waals surface area contributed by atoms with Gasteiger partial charge in [0, 0.05) is 31.9 Å². The lowest BCUT2D eigenvalue weighted by Crippen LogP contribution is -2.45. The van der Waals surface area contributed by atoms with Crippen LogP contribution in [0.15, 0.2) is 36.5 Å². The van der Waals surface area contributed by atoms with Crippen LogP contribution in [0.1, 0.15) is 18.4 Å². The molecule has 2 aromatic rings. The Morgan fingerprint density at radius 2 is 2.08 bits per heavy atom. The molecule has 2 aliphatic rings. The zero-order valence-electron chi connectivity index (χ0n) is 13.6. The summed E-state index contributed by atoms with van der Waals surface area (Å²) in [7, 11) is 0. The first-order valence-electron chi connectivity index (χ1n) is 8.53. The average Bonchev–Trinajstić information content (AvgIpc) is 2.67. The molecule has 3 heterocycles. The van der Waals surface area contributed by atoms with Gasteiger partial charge in [-0.2, -0.15) is 5.10 Å². The van der Waals surface area contributed by atoms with E-state index in [1.807, 2.05) is 18.2 Å². The molecular weight excluding hydrogens is 304 g/mol. The zero-order chi connectivity index (χ0) is 16.2. The van der Waals surface area contributed by atoms with Gasteiger partial charge in [-0.3, -0.25) is 0 Å². The molecule has 1 fully saturated rings. The zero-order valence-corrected chi connectivity index (χ0v) is 13.6. The van der Waals surface area contributed by atoms with E-state index in [-0.39, 0.29) is 0 Å². The maximum Gasteiger partial charge on any atom is 0.161 e. The lowest BCUT2D eigenvalue weighted by molar-refractivity contribution is 0.171. The largest absolute Gasteiger partial charge is 0.486 e. The number of rotatable bonds is 4. The van der Waals surface area contributed by atoms with Crippen LogP contribution in [0.2, 0.25) is 0 Å². The minimum absolute atomic E-state index is 0.453. The normalized spacial score (nSPS) is 20.0. The van der Waals surface area contributed by atoms with Crippen LogP contribution in [0.3, 0.4) is 0 Å². The van der Waals surface area contributed by atoms with Crippen LogP contribution in [-0.4, -0.2) is 42.5 Å². The summed E-state index contributed by atoms with van der Waals surface area (Å²) in [6, 6.07) is 10.6. The molecule has 0 spiro atoms. The molecular formula is C18H22N4O2. The Morgan fingerprint density at radius 1 is 1.17 bits per heavy atom. The highest BCUT2D eigenvalue weighted by atomic mass is 16.6. The van der Waals surface area contributed by atoms with Gasteiger partial charge in [-0.05, 0) is 42.7 Å². The highest BCUT2D eigenvalue weighted by Crippen LogP contribution is 2.30. The number of benzene rings is 1. The summed E-state index contributed by atoms with van der Waals surface area (Å²) in [5.41, 5.74) is 1.22. The predicted octanol–water partition coefficient (Wildman–Crippen LogP) is 2.01. The van der Waals surface area contributed by atoms with E-state index in [2.05, 4.69) is 32.5 Å². The van der Waals surface area contributed by atoms with E-state index in [9.17, 15) is 0 Å². The van der Waals surface area contributed by atoms with Gasteiger partial charge in [0.25, 0.3) is 0 Å². The number of hydrogen-bond donors (Lipinski definition) is 1. The number of aromatic nitrogens is 2. The summed E-state index contributed by atoms with van der Waals surface area (Å²) < 4.78 is 11.2. The van der Waals surface area contributed by atoms with Crippen molar-refractivity contribution < 1.29 is 9.47 Å². The Bertz CT molecular complexity index is 680. The second-order valence-electron chi connectivity index (χ2n) is 6.23. The molecule has 6 nitrogen and oxygen atoms in total. The molecule has 1 N–H and O–H groups in total. The van der Waals surface area contributed by atoms with Gasteiger partial charge in [0.2, 0.25) is 0 Å². The van der Waals surface area contributed by atoms with Crippen molar-refractivity contribution in [3.63, 3.8) is 0 Å². The van der Waals surface area contributed by atoms with Crippen molar-refractivity contribution in [3.8, 4) is 11.5 Å². The third kappa shape index (κ3) is 3.43. The van der Waals surface area contributed by atoms with Gasteiger partial charge in [0.1, 0.15) is 13.2 Å². The molecule has 4 rings (SSSR count). The van der Waals surface area contributed by atoms with Gasteiger partial charge in [-0.1, -0.05) is 6.07 Å². The second-order valence-corrected chi connectivity index (χ2v) is 6.23. The number of nitrogens with zero attached hydrogens (tertiary/aromatic N) is 3. The van der Waals surface area contributed by atoms with E-state index in [1.54, 1.807) is 6.20 Å². The van der Waals surface area contributed by atoms with Crippen LogP contribution in [0.4, 0.5) is 5.82 Å². The number of hydrogen-bond acceptors (Lipinski definition) is 6. The van der Waals surface area contributed by atoms with Crippen LogP contribution in [0.25, 0.3) is 0 Å². The first kappa shape index (κ1) is 15.2. The van der Waals surface area contributed by atoms with Gasteiger partial charge in [0.15, 0.2) is 17.3 Å². The lowest BCUT2D eigenvalue weighted by atomic mass is 10.1. The maximum atomic E-state index is 5.65. The molecule has 0 amide bonds. The molecule has 1 aromatic heterocycles. The lowest BCUT2D eigenvalue weighted by Gasteiger charge is -2.33. The first-order valence-corrected chi connectivity index (χ1v) is 8.53. The standard InChI is InChI=1S/C18H22N4O2/c1-4-18(21-20-7-1)22-8-2-3-15(13-22)19-12-14-5-6-16-17(11-14)24-10-9-23-16/h1,4-7,11,15,19H,2-3,8-10,12-13H2/t15-/m0/s1. The Kier molecular flexibility index (Phi) is 4.46. The third-order valence-electron chi connectivity index (χ3n) is 4.51. The Balaban J connectivity index is 1.35. The van der Waals surface area contributed by atoms with E-state index < -0.39 is 0 Å². The van der Waals surface area contributed by atoms with Crippen molar-refractivity contribution in [2.75, 3.05) is 31.2 Å². The third-order valence-corrected chi connectivity index (χ3v) is 4.51. The summed E-state index contributed by atoms with van der Waals surface area (Å²) in [6.45, 7) is 4.09. The van der Waals surface area contributed by atoms with Crippen LogP contribution < -0.4 is 19.7 Å². The molecule has 1 saturated heterocycles. The van der Waals surface area contributed by atoms with E-state index in [4.69, 9.17) is 9.47 Å². The number of fused-ring (bicyclic) bond motifs is 1. The van der Waals surface area contributed by atoms with Crippen molar-refractivity contribution in [2.24, 2.45) is 0 Å². The van der Waals surface area contributed by atoms with E-state index in [0.29, 0.717) is 19.3 Å². The number of ether oxygens (including phenoxy) is 2. The smallest absolute Gasteiger partial charge is 0.161 e. The molecule has 0 radical (unpaired) electrons. The highest BCUT2D eigenvalue weighted by molar-refractivity contribution is 5.44.